The van der Waals surface area contributed by atoms with Gasteiger partial charge in [0.15, 0.2) is 5.75 Å². The van der Waals surface area contributed by atoms with Crippen molar-refractivity contribution in [2.24, 2.45) is 11.8 Å². The number of likely N-dealkylation sites (tertiary alicyclic amines) is 1. The predicted molar refractivity (Wildman–Crippen MR) is 123 cm³/mol. The summed E-state index contributed by atoms with van der Waals surface area (Å²) < 4.78 is 6.01. The van der Waals surface area contributed by atoms with Crippen molar-refractivity contribution in [3.8, 4) is 11.5 Å². The first-order valence-corrected chi connectivity index (χ1v) is 11.5. The van der Waals surface area contributed by atoms with Crippen molar-refractivity contribution in [1.82, 2.24) is 4.90 Å². The third-order valence-corrected chi connectivity index (χ3v) is 6.49. The number of carbonyl (C=O) groups is 2. The van der Waals surface area contributed by atoms with Crippen LogP contribution in [0.25, 0.3) is 0 Å². The lowest BCUT2D eigenvalue weighted by Crippen LogP contribution is -2.43. The van der Waals surface area contributed by atoms with E-state index < -0.39 is 0 Å². The Balaban J connectivity index is 1.36. The van der Waals surface area contributed by atoms with Crippen LogP contribution < -0.4 is 10.1 Å². The Labute approximate surface area is 188 Å². The molecule has 2 aliphatic rings. The van der Waals surface area contributed by atoms with E-state index in [0.717, 1.165) is 31.2 Å². The third kappa shape index (κ3) is 5.40. The van der Waals surface area contributed by atoms with Crippen molar-refractivity contribution in [2.75, 3.05) is 18.4 Å². The number of nitrogens with zero attached hydrogens (tertiary/aromatic N) is 1. The number of hydrogen-bond donors (Lipinski definition) is 1. The number of nitrogens with one attached hydrogen (secondary N) is 1. The lowest BCUT2D eigenvalue weighted by molar-refractivity contribution is -0.138. The second kappa shape index (κ2) is 9.73. The minimum atomic E-state index is -0.103. The molecule has 6 heteroatoms. The van der Waals surface area contributed by atoms with E-state index in [1.54, 1.807) is 6.07 Å². The molecule has 1 aliphatic heterocycles. The van der Waals surface area contributed by atoms with Crippen LogP contribution >= 0.6 is 11.6 Å². The summed E-state index contributed by atoms with van der Waals surface area (Å²) in [7, 11) is 0. The fourth-order valence-corrected chi connectivity index (χ4v) is 4.86. The molecule has 2 aromatic carbocycles. The van der Waals surface area contributed by atoms with E-state index in [4.69, 9.17) is 16.3 Å². The predicted octanol–water partition coefficient (Wildman–Crippen LogP) is 5.81. The summed E-state index contributed by atoms with van der Waals surface area (Å²) in [6, 6.07) is 12.9. The van der Waals surface area contributed by atoms with Crippen LogP contribution in [0.2, 0.25) is 5.02 Å². The number of aryl methyl sites for hydroxylation is 1. The second-order valence-electron chi connectivity index (χ2n) is 8.63. The summed E-state index contributed by atoms with van der Waals surface area (Å²) in [6.45, 7) is 3.27. The molecule has 0 aromatic heterocycles. The SMILES string of the molecule is Cc1cc(Cl)cc(Oc2ccccc2NC(=O)C2CCN(C(=O)C3CCCC3)CC2)c1. The molecule has 2 aromatic rings. The van der Waals surface area contributed by atoms with Gasteiger partial charge in [0, 0.05) is 29.9 Å². The Kier molecular flexibility index (Phi) is 6.81. The van der Waals surface area contributed by atoms with Crippen molar-refractivity contribution in [3.63, 3.8) is 0 Å². The number of hydrogen-bond acceptors (Lipinski definition) is 3. The minimum Gasteiger partial charge on any atom is -0.455 e. The molecule has 1 saturated carbocycles. The first-order chi connectivity index (χ1) is 15.0. The average molecular weight is 441 g/mol. The molecule has 0 unspecified atom stereocenters. The lowest BCUT2D eigenvalue weighted by atomic mass is 9.94. The molecule has 31 heavy (non-hydrogen) atoms. The van der Waals surface area contributed by atoms with Gasteiger partial charge in [0.25, 0.3) is 0 Å². The van der Waals surface area contributed by atoms with Crippen LogP contribution in [0.5, 0.6) is 11.5 Å². The highest BCUT2D eigenvalue weighted by Gasteiger charge is 2.32. The molecule has 0 radical (unpaired) electrons. The molecule has 1 heterocycles. The van der Waals surface area contributed by atoms with E-state index in [-0.39, 0.29) is 23.7 Å². The summed E-state index contributed by atoms with van der Waals surface area (Å²) in [4.78, 5) is 27.5. The van der Waals surface area contributed by atoms with Crippen molar-refractivity contribution >= 4 is 29.1 Å². The van der Waals surface area contributed by atoms with Gasteiger partial charge in [0.1, 0.15) is 5.75 Å². The maximum absolute atomic E-state index is 12.9. The van der Waals surface area contributed by atoms with Crippen molar-refractivity contribution in [1.29, 1.82) is 0 Å². The summed E-state index contributed by atoms with van der Waals surface area (Å²) >= 11 is 6.14. The minimum absolute atomic E-state index is 0.0220. The molecule has 0 bridgehead atoms. The van der Waals surface area contributed by atoms with E-state index in [2.05, 4.69) is 5.32 Å². The van der Waals surface area contributed by atoms with E-state index in [0.29, 0.717) is 48.1 Å². The van der Waals surface area contributed by atoms with Gasteiger partial charge in [0.05, 0.1) is 5.69 Å². The van der Waals surface area contributed by atoms with Crippen molar-refractivity contribution in [3.05, 3.63) is 53.1 Å². The zero-order valence-corrected chi connectivity index (χ0v) is 18.7. The number of benzene rings is 2. The molecule has 5 nitrogen and oxygen atoms in total. The number of ether oxygens (including phenoxy) is 1. The van der Waals surface area contributed by atoms with Gasteiger partial charge in [-0.3, -0.25) is 9.59 Å². The molecule has 1 saturated heterocycles. The van der Waals surface area contributed by atoms with Crippen LogP contribution in [0, 0.1) is 18.8 Å². The molecule has 4 rings (SSSR count). The van der Waals surface area contributed by atoms with E-state index >= 15 is 0 Å². The van der Waals surface area contributed by atoms with Gasteiger partial charge in [-0.15, -0.1) is 0 Å². The highest BCUT2D eigenvalue weighted by atomic mass is 35.5. The highest BCUT2D eigenvalue weighted by Crippen LogP contribution is 2.33. The average Bonchev–Trinajstić information content (AvgIpc) is 3.29. The largest absolute Gasteiger partial charge is 0.455 e. The van der Waals surface area contributed by atoms with Gasteiger partial charge in [-0.2, -0.15) is 0 Å². The van der Waals surface area contributed by atoms with Crippen molar-refractivity contribution < 1.29 is 14.3 Å². The molecular formula is C25H29ClN2O3. The molecule has 164 valence electrons. The summed E-state index contributed by atoms with van der Waals surface area (Å²) in [5.41, 5.74) is 1.64. The number of rotatable bonds is 5. The fourth-order valence-electron chi connectivity index (χ4n) is 4.58. The topological polar surface area (TPSA) is 58.6 Å². The zero-order chi connectivity index (χ0) is 21.8. The highest BCUT2D eigenvalue weighted by molar-refractivity contribution is 6.30. The van der Waals surface area contributed by atoms with Gasteiger partial charge >= 0.3 is 0 Å². The normalized spacial score (nSPS) is 17.5. The number of para-hydroxylation sites is 2. The van der Waals surface area contributed by atoms with E-state index in [1.165, 1.54) is 0 Å². The number of amides is 2. The Hall–Kier alpha value is -2.53. The number of piperidine rings is 1. The summed E-state index contributed by atoms with van der Waals surface area (Å²) in [6.07, 6.45) is 5.74. The molecule has 0 atom stereocenters. The van der Waals surface area contributed by atoms with Crippen LogP contribution in [0.15, 0.2) is 42.5 Å². The molecule has 2 amide bonds. The summed E-state index contributed by atoms with van der Waals surface area (Å²) in [5, 5.41) is 3.64. The second-order valence-corrected chi connectivity index (χ2v) is 9.07. The number of halogens is 1. The van der Waals surface area contributed by atoms with Crippen LogP contribution in [-0.4, -0.2) is 29.8 Å². The van der Waals surface area contributed by atoms with Gasteiger partial charge in [-0.05, 0) is 68.5 Å². The van der Waals surface area contributed by atoms with Crippen LogP contribution in [-0.2, 0) is 9.59 Å². The Morgan fingerprint density at radius 3 is 2.42 bits per heavy atom. The first kappa shape index (κ1) is 21.7. The zero-order valence-electron chi connectivity index (χ0n) is 17.9. The maximum atomic E-state index is 12.9. The smallest absolute Gasteiger partial charge is 0.227 e. The van der Waals surface area contributed by atoms with Crippen molar-refractivity contribution in [2.45, 2.75) is 45.4 Å². The lowest BCUT2D eigenvalue weighted by Gasteiger charge is -2.33. The third-order valence-electron chi connectivity index (χ3n) is 6.27. The van der Waals surface area contributed by atoms with Crippen LogP contribution in [0.3, 0.4) is 0 Å². The van der Waals surface area contributed by atoms with Crippen LogP contribution in [0.1, 0.15) is 44.1 Å². The first-order valence-electron chi connectivity index (χ1n) is 11.1. The van der Waals surface area contributed by atoms with Gasteiger partial charge < -0.3 is 15.0 Å². The molecular weight excluding hydrogens is 412 g/mol. The maximum Gasteiger partial charge on any atom is 0.227 e. The van der Waals surface area contributed by atoms with Gasteiger partial charge in [-0.25, -0.2) is 0 Å². The molecule has 0 spiro atoms. The van der Waals surface area contributed by atoms with Gasteiger partial charge in [0.2, 0.25) is 11.8 Å². The van der Waals surface area contributed by atoms with Gasteiger partial charge in [-0.1, -0.05) is 36.6 Å². The monoisotopic (exact) mass is 440 g/mol. The Morgan fingerprint density at radius 1 is 1.00 bits per heavy atom. The van der Waals surface area contributed by atoms with Crippen LogP contribution in [0.4, 0.5) is 5.69 Å². The van der Waals surface area contributed by atoms with E-state index in [1.807, 2.05) is 48.2 Å². The standard InChI is InChI=1S/C25H29ClN2O3/c1-17-14-20(26)16-21(15-17)31-23-9-5-4-8-22(23)27-24(29)18-10-12-28(13-11-18)25(30)19-6-2-3-7-19/h4-5,8-9,14-16,18-19H,2-3,6-7,10-13H2,1H3,(H,27,29). The quantitative estimate of drug-likeness (QED) is 0.638. The molecule has 1 N–H and O–H groups in total. The Morgan fingerprint density at radius 2 is 1.71 bits per heavy atom. The Bertz CT molecular complexity index is 927. The summed E-state index contributed by atoms with van der Waals surface area (Å²) in [5.74, 6) is 1.56. The number of carbonyl (C=O) groups excluding carboxylic acids is 2. The van der Waals surface area contributed by atoms with E-state index in [9.17, 15) is 9.59 Å². The fraction of sp³-hybridized carbons (Fsp3) is 0.440. The molecule has 2 fully saturated rings. The number of anilines is 1. The molecule has 1 aliphatic carbocycles.